The van der Waals surface area contributed by atoms with Gasteiger partial charge in [0.15, 0.2) is 0 Å². The van der Waals surface area contributed by atoms with E-state index in [2.05, 4.69) is 75.8 Å². The van der Waals surface area contributed by atoms with Crippen LogP contribution in [-0.2, 0) is 4.79 Å². The first-order valence-electron chi connectivity index (χ1n) is 11.3. The standard InChI is InChI=1S/C27H31N3O3/c1-32-24-17-23(18-25(19-24)33-2)28-26(31)20-29-13-15-30(16-14-29)27(21-9-5-3-6-10-21)22-11-7-4-8-12-22/h3-12,17-19,27H,13-16,20H2,1-2H3,(H,28,31). The molecule has 0 radical (unpaired) electrons. The van der Waals surface area contributed by atoms with Crippen LogP contribution in [0.1, 0.15) is 17.2 Å². The molecule has 3 aromatic rings. The molecule has 172 valence electrons. The number of piperazine rings is 1. The molecule has 6 nitrogen and oxygen atoms in total. The summed E-state index contributed by atoms with van der Waals surface area (Å²) in [4.78, 5) is 17.4. The summed E-state index contributed by atoms with van der Waals surface area (Å²) in [5.41, 5.74) is 3.26. The molecule has 1 N–H and O–H groups in total. The monoisotopic (exact) mass is 445 g/mol. The fraction of sp³-hybridized carbons (Fsp3) is 0.296. The quantitative estimate of drug-likeness (QED) is 0.567. The van der Waals surface area contributed by atoms with E-state index in [4.69, 9.17) is 9.47 Å². The molecule has 0 aromatic heterocycles. The highest BCUT2D eigenvalue weighted by atomic mass is 16.5. The average Bonchev–Trinajstić information content (AvgIpc) is 2.86. The number of hydrogen-bond acceptors (Lipinski definition) is 5. The molecule has 0 saturated carbocycles. The van der Waals surface area contributed by atoms with Crippen LogP contribution in [0.3, 0.4) is 0 Å². The number of benzene rings is 3. The lowest BCUT2D eigenvalue weighted by Crippen LogP contribution is -2.49. The smallest absolute Gasteiger partial charge is 0.238 e. The molecule has 1 saturated heterocycles. The Bertz CT molecular complexity index is 973. The first-order valence-corrected chi connectivity index (χ1v) is 11.3. The Kier molecular flexibility index (Phi) is 7.60. The number of methoxy groups -OCH3 is 2. The molecule has 0 aliphatic carbocycles. The molecule has 1 heterocycles. The summed E-state index contributed by atoms with van der Waals surface area (Å²) in [6, 6.07) is 26.9. The van der Waals surface area contributed by atoms with E-state index in [1.807, 2.05) is 0 Å². The first-order chi connectivity index (χ1) is 16.2. The minimum Gasteiger partial charge on any atom is -0.497 e. The van der Waals surface area contributed by atoms with Crippen LogP contribution in [0.15, 0.2) is 78.9 Å². The number of rotatable bonds is 8. The van der Waals surface area contributed by atoms with Crippen LogP contribution >= 0.6 is 0 Å². The number of nitrogens with one attached hydrogen (secondary N) is 1. The number of carbonyl (C=O) groups is 1. The molecule has 1 aliphatic rings. The van der Waals surface area contributed by atoms with Gasteiger partial charge < -0.3 is 14.8 Å². The summed E-state index contributed by atoms with van der Waals surface area (Å²) >= 11 is 0. The summed E-state index contributed by atoms with van der Waals surface area (Å²) in [6.45, 7) is 3.83. The van der Waals surface area contributed by atoms with Crippen molar-refractivity contribution < 1.29 is 14.3 Å². The number of hydrogen-bond donors (Lipinski definition) is 1. The van der Waals surface area contributed by atoms with Gasteiger partial charge in [-0.2, -0.15) is 0 Å². The maximum absolute atomic E-state index is 12.7. The maximum atomic E-state index is 12.7. The first kappa shape index (κ1) is 22.8. The molecular weight excluding hydrogens is 414 g/mol. The zero-order valence-corrected chi connectivity index (χ0v) is 19.2. The molecule has 0 spiro atoms. The van der Waals surface area contributed by atoms with E-state index < -0.39 is 0 Å². The van der Waals surface area contributed by atoms with E-state index in [1.165, 1.54) is 11.1 Å². The average molecular weight is 446 g/mol. The second-order valence-electron chi connectivity index (χ2n) is 8.19. The van der Waals surface area contributed by atoms with Gasteiger partial charge in [0.2, 0.25) is 5.91 Å². The molecule has 33 heavy (non-hydrogen) atoms. The minimum atomic E-state index is -0.0403. The van der Waals surface area contributed by atoms with Crippen LogP contribution in [0.5, 0.6) is 11.5 Å². The van der Waals surface area contributed by atoms with Gasteiger partial charge in [0, 0.05) is 50.1 Å². The SMILES string of the molecule is COc1cc(NC(=O)CN2CCN(C(c3ccccc3)c3ccccc3)CC2)cc(OC)c1. The van der Waals surface area contributed by atoms with Gasteiger partial charge in [0.1, 0.15) is 11.5 Å². The van der Waals surface area contributed by atoms with Crippen molar-refractivity contribution in [2.45, 2.75) is 6.04 Å². The van der Waals surface area contributed by atoms with Gasteiger partial charge in [-0.3, -0.25) is 14.6 Å². The van der Waals surface area contributed by atoms with Crippen LogP contribution in [0.4, 0.5) is 5.69 Å². The summed E-state index contributed by atoms with van der Waals surface area (Å²) in [5, 5.41) is 2.97. The van der Waals surface area contributed by atoms with Crippen molar-refractivity contribution in [2.24, 2.45) is 0 Å². The van der Waals surface area contributed by atoms with Crippen LogP contribution in [0, 0.1) is 0 Å². The van der Waals surface area contributed by atoms with E-state index in [9.17, 15) is 4.79 Å². The van der Waals surface area contributed by atoms with Crippen molar-refractivity contribution in [1.29, 1.82) is 0 Å². The number of nitrogens with zero attached hydrogens (tertiary/aromatic N) is 2. The largest absolute Gasteiger partial charge is 0.497 e. The molecular formula is C27H31N3O3. The van der Waals surface area contributed by atoms with E-state index in [0.717, 1.165) is 26.2 Å². The van der Waals surface area contributed by atoms with Crippen LogP contribution < -0.4 is 14.8 Å². The molecule has 0 atom stereocenters. The van der Waals surface area contributed by atoms with Gasteiger partial charge in [-0.25, -0.2) is 0 Å². The van der Waals surface area contributed by atoms with Gasteiger partial charge in [-0.1, -0.05) is 60.7 Å². The van der Waals surface area contributed by atoms with E-state index in [1.54, 1.807) is 32.4 Å². The van der Waals surface area contributed by atoms with Gasteiger partial charge >= 0.3 is 0 Å². The summed E-state index contributed by atoms with van der Waals surface area (Å²) < 4.78 is 10.6. The van der Waals surface area contributed by atoms with Crippen molar-refractivity contribution in [3.63, 3.8) is 0 Å². The van der Waals surface area contributed by atoms with Crippen LogP contribution in [-0.4, -0.2) is 62.7 Å². The normalized spacial score (nSPS) is 14.8. The zero-order chi connectivity index (χ0) is 23.0. The Labute approximate surface area is 195 Å². The lowest BCUT2D eigenvalue weighted by atomic mass is 9.96. The Morgan fingerprint density at radius 3 is 1.82 bits per heavy atom. The van der Waals surface area contributed by atoms with Crippen molar-refractivity contribution >= 4 is 11.6 Å². The van der Waals surface area contributed by atoms with E-state index in [0.29, 0.717) is 23.7 Å². The predicted octanol–water partition coefficient (Wildman–Crippen LogP) is 4.05. The highest BCUT2D eigenvalue weighted by molar-refractivity contribution is 5.92. The summed E-state index contributed by atoms with van der Waals surface area (Å²) in [6.07, 6.45) is 0. The molecule has 0 unspecified atom stereocenters. The fourth-order valence-corrected chi connectivity index (χ4v) is 4.35. The molecule has 0 bridgehead atoms. The molecule has 3 aromatic carbocycles. The van der Waals surface area contributed by atoms with Gasteiger partial charge in [-0.15, -0.1) is 0 Å². The van der Waals surface area contributed by atoms with Crippen LogP contribution in [0.2, 0.25) is 0 Å². The minimum absolute atomic E-state index is 0.0403. The molecule has 4 rings (SSSR count). The summed E-state index contributed by atoms with van der Waals surface area (Å²) in [5.74, 6) is 1.25. The van der Waals surface area contributed by atoms with Gasteiger partial charge in [0.25, 0.3) is 0 Å². The van der Waals surface area contributed by atoms with Crippen molar-refractivity contribution in [1.82, 2.24) is 9.80 Å². The van der Waals surface area contributed by atoms with E-state index in [-0.39, 0.29) is 11.9 Å². The number of amides is 1. The molecule has 1 fully saturated rings. The van der Waals surface area contributed by atoms with Gasteiger partial charge in [-0.05, 0) is 11.1 Å². The number of anilines is 1. The Morgan fingerprint density at radius 1 is 0.818 bits per heavy atom. The Hall–Kier alpha value is -3.35. The molecule has 1 amide bonds. The van der Waals surface area contributed by atoms with Crippen molar-refractivity contribution in [3.05, 3.63) is 90.0 Å². The van der Waals surface area contributed by atoms with E-state index >= 15 is 0 Å². The second-order valence-corrected chi connectivity index (χ2v) is 8.19. The topological polar surface area (TPSA) is 54.0 Å². The van der Waals surface area contributed by atoms with Crippen molar-refractivity contribution in [2.75, 3.05) is 52.3 Å². The third-order valence-electron chi connectivity index (χ3n) is 6.01. The maximum Gasteiger partial charge on any atom is 0.238 e. The Morgan fingerprint density at radius 2 is 1.33 bits per heavy atom. The number of carbonyl (C=O) groups excluding carboxylic acids is 1. The van der Waals surface area contributed by atoms with Crippen LogP contribution in [0.25, 0.3) is 0 Å². The van der Waals surface area contributed by atoms with Crippen molar-refractivity contribution in [3.8, 4) is 11.5 Å². The van der Waals surface area contributed by atoms with Gasteiger partial charge in [0.05, 0.1) is 26.8 Å². The second kappa shape index (κ2) is 11.0. The Balaban J connectivity index is 1.37. The zero-order valence-electron chi connectivity index (χ0n) is 19.2. The lowest BCUT2D eigenvalue weighted by molar-refractivity contribution is -0.117. The molecule has 6 heteroatoms. The summed E-state index contributed by atoms with van der Waals surface area (Å²) in [7, 11) is 3.19. The molecule has 1 aliphatic heterocycles. The highest BCUT2D eigenvalue weighted by Crippen LogP contribution is 2.29. The lowest BCUT2D eigenvalue weighted by Gasteiger charge is -2.39. The highest BCUT2D eigenvalue weighted by Gasteiger charge is 2.27. The fourth-order valence-electron chi connectivity index (χ4n) is 4.35. The third kappa shape index (κ3) is 5.92. The third-order valence-corrected chi connectivity index (χ3v) is 6.01. The predicted molar refractivity (Wildman–Crippen MR) is 131 cm³/mol. The number of ether oxygens (including phenoxy) is 2.